The van der Waals surface area contributed by atoms with Gasteiger partial charge >= 0.3 is 0 Å². The van der Waals surface area contributed by atoms with Crippen LogP contribution in [0.4, 0.5) is 8.78 Å². The maximum atomic E-state index is 13.5. The van der Waals surface area contributed by atoms with E-state index < -0.39 is 11.6 Å². The Morgan fingerprint density at radius 3 is 2.48 bits per heavy atom. The topological polar surface area (TPSA) is 12.0 Å². The zero-order valence-electron chi connectivity index (χ0n) is 12.1. The van der Waals surface area contributed by atoms with E-state index in [-0.39, 0.29) is 6.04 Å². The molecule has 1 aromatic heterocycles. The fourth-order valence-electron chi connectivity index (χ4n) is 2.98. The average Bonchev–Trinajstić information content (AvgIpc) is 2.87. The standard InChI is InChI=1S/C17H19F2NS/c1-2-20-17(12-7-13(18)10-14(19)8-12)16-9-11-5-3-4-6-15(11)21-16/h7-10,17,20H,2-6H2,1H3. The molecule has 1 aromatic carbocycles. The lowest BCUT2D eigenvalue weighted by molar-refractivity contribution is 0.567. The van der Waals surface area contributed by atoms with Crippen molar-refractivity contribution in [3.05, 3.63) is 56.8 Å². The minimum Gasteiger partial charge on any atom is -0.306 e. The molecule has 4 heteroatoms. The van der Waals surface area contributed by atoms with Gasteiger partial charge in [0.05, 0.1) is 6.04 Å². The van der Waals surface area contributed by atoms with E-state index in [1.165, 1.54) is 35.4 Å². The highest BCUT2D eigenvalue weighted by Gasteiger charge is 2.21. The first-order chi connectivity index (χ1) is 10.2. The molecule has 1 aliphatic carbocycles. The van der Waals surface area contributed by atoms with Gasteiger partial charge in [0.25, 0.3) is 0 Å². The molecule has 0 aliphatic heterocycles. The quantitative estimate of drug-likeness (QED) is 0.870. The van der Waals surface area contributed by atoms with Gasteiger partial charge in [-0.1, -0.05) is 6.92 Å². The van der Waals surface area contributed by atoms with Crippen molar-refractivity contribution in [3.8, 4) is 0 Å². The fraction of sp³-hybridized carbons (Fsp3) is 0.412. The van der Waals surface area contributed by atoms with E-state index in [1.54, 1.807) is 11.3 Å². The first kappa shape index (κ1) is 14.7. The minimum absolute atomic E-state index is 0.129. The van der Waals surface area contributed by atoms with Crippen molar-refractivity contribution in [2.45, 2.75) is 38.6 Å². The van der Waals surface area contributed by atoms with Crippen LogP contribution >= 0.6 is 11.3 Å². The van der Waals surface area contributed by atoms with Crippen LogP contribution in [0, 0.1) is 11.6 Å². The fourth-order valence-corrected chi connectivity index (χ4v) is 4.35. The second-order valence-electron chi connectivity index (χ2n) is 5.50. The number of nitrogens with one attached hydrogen (secondary N) is 1. The van der Waals surface area contributed by atoms with Crippen LogP contribution in [0.15, 0.2) is 24.3 Å². The highest BCUT2D eigenvalue weighted by atomic mass is 32.1. The van der Waals surface area contributed by atoms with Crippen molar-refractivity contribution in [2.24, 2.45) is 0 Å². The Morgan fingerprint density at radius 1 is 1.10 bits per heavy atom. The Labute approximate surface area is 128 Å². The number of rotatable bonds is 4. The highest BCUT2D eigenvalue weighted by Crippen LogP contribution is 2.35. The zero-order valence-corrected chi connectivity index (χ0v) is 12.9. The normalized spacial score (nSPS) is 15.8. The van der Waals surface area contributed by atoms with Crippen LogP contribution in [-0.4, -0.2) is 6.54 Å². The lowest BCUT2D eigenvalue weighted by Crippen LogP contribution is -2.21. The Morgan fingerprint density at radius 2 is 1.81 bits per heavy atom. The summed E-state index contributed by atoms with van der Waals surface area (Å²) in [5.74, 6) is -1.04. The molecule has 1 N–H and O–H groups in total. The molecule has 0 saturated carbocycles. The summed E-state index contributed by atoms with van der Waals surface area (Å²) in [4.78, 5) is 2.60. The van der Waals surface area contributed by atoms with Crippen LogP contribution in [0.3, 0.4) is 0 Å². The molecule has 1 heterocycles. The van der Waals surface area contributed by atoms with Crippen LogP contribution < -0.4 is 5.32 Å². The largest absolute Gasteiger partial charge is 0.306 e. The summed E-state index contributed by atoms with van der Waals surface area (Å²) in [6.07, 6.45) is 4.75. The lowest BCUT2D eigenvalue weighted by atomic mass is 9.97. The molecule has 0 saturated heterocycles. The van der Waals surface area contributed by atoms with Gasteiger partial charge < -0.3 is 5.32 Å². The van der Waals surface area contributed by atoms with Crippen LogP contribution in [-0.2, 0) is 12.8 Å². The molecule has 0 fully saturated rings. The summed E-state index contributed by atoms with van der Waals surface area (Å²) in [5, 5.41) is 3.36. The van der Waals surface area contributed by atoms with Crippen LogP contribution in [0.25, 0.3) is 0 Å². The molecular weight excluding hydrogens is 288 g/mol. The number of hydrogen-bond donors (Lipinski definition) is 1. The van der Waals surface area contributed by atoms with Gasteiger partial charge in [0.1, 0.15) is 11.6 Å². The Hall–Kier alpha value is -1.26. The molecule has 0 radical (unpaired) electrons. The van der Waals surface area contributed by atoms with E-state index in [0.29, 0.717) is 5.56 Å². The molecule has 21 heavy (non-hydrogen) atoms. The van der Waals surface area contributed by atoms with Crippen LogP contribution in [0.2, 0.25) is 0 Å². The summed E-state index contributed by atoms with van der Waals surface area (Å²) in [7, 11) is 0. The van der Waals surface area contributed by atoms with Gasteiger partial charge in [-0.3, -0.25) is 0 Å². The molecule has 1 atom stereocenters. The van der Waals surface area contributed by atoms with Gasteiger partial charge in [0, 0.05) is 15.8 Å². The first-order valence-corrected chi connectivity index (χ1v) is 8.30. The third kappa shape index (κ3) is 3.16. The van der Waals surface area contributed by atoms with Crippen molar-refractivity contribution < 1.29 is 8.78 Å². The van der Waals surface area contributed by atoms with E-state index in [1.807, 2.05) is 6.92 Å². The third-order valence-corrected chi connectivity index (χ3v) is 5.23. The SMILES string of the molecule is CCNC(c1cc(F)cc(F)c1)c1cc2c(s1)CCCC2. The summed E-state index contributed by atoms with van der Waals surface area (Å²) >= 11 is 1.78. The maximum absolute atomic E-state index is 13.5. The number of fused-ring (bicyclic) bond motifs is 1. The molecule has 2 aromatic rings. The maximum Gasteiger partial charge on any atom is 0.126 e. The van der Waals surface area contributed by atoms with E-state index in [9.17, 15) is 8.78 Å². The summed E-state index contributed by atoms with van der Waals surface area (Å²) < 4.78 is 27.0. The van der Waals surface area contributed by atoms with E-state index in [2.05, 4.69) is 11.4 Å². The van der Waals surface area contributed by atoms with Gasteiger partial charge in [0.2, 0.25) is 0 Å². The van der Waals surface area contributed by atoms with Crippen molar-refractivity contribution in [2.75, 3.05) is 6.54 Å². The number of hydrogen-bond acceptors (Lipinski definition) is 2. The molecule has 0 amide bonds. The summed E-state index contributed by atoms with van der Waals surface area (Å²) in [6, 6.07) is 5.86. The molecule has 1 aliphatic rings. The van der Waals surface area contributed by atoms with Crippen molar-refractivity contribution in [3.63, 3.8) is 0 Å². The highest BCUT2D eigenvalue weighted by molar-refractivity contribution is 7.12. The van der Waals surface area contributed by atoms with Gasteiger partial charge in [-0.05, 0) is 61.6 Å². The van der Waals surface area contributed by atoms with E-state index in [0.717, 1.165) is 30.3 Å². The molecular formula is C17H19F2NS. The van der Waals surface area contributed by atoms with Gasteiger partial charge in [0.15, 0.2) is 0 Å². The number of thiophene rings is 1. The lowest BCUT2D eigenvalue weighted by Gasteiger charge is -2.17. The van der Waals surface area contributed by atoms with Crippen molar-refractivity contribution in [1.82, 2.24) is 5.32 Å². The molecule has 1 unspecified atom stereocenters. The predicted molar refractivity (Wildman–Crippen MR) is 82.8 cm³/mol. The first-order valence-electron chi connectivity index (χ1n) is 7.48. The van der Waals surface area contributed by atoms with Gasteiger partial charge in [-0.25, -0.2) is 8.78 Å². The smallest absolute Gasteiger partial charge is 0.126 e. The van der Waals surface area contributed by atoms with Crippen LogP contribution in [0.1, 0.15) is 46.7 Å². The summed E-state index contributed by atoms with van der Waals surface area (Å²) in [5.41, 5.74) is 2.08. The zero-order chi connectivity index (χ0) is 14.8. The minimum atomic E-state index is -0.519. The molecule has 3 rings (SSSR count). The number of benzene rings is 1. The van der Waals surface area contributed by atoms with E-state index >= 15 is 0 Å². The molecule has 112 valence electrons. The Bertz CT molecular complexity index is 592. The van der Waals surface area contributed by atoms with E-state index in [4.69, 9.17) is 0 Å². The van der Waals surface area contributed by atoms with Gasteiger partial charge in [-0.2, -0.15) is 0 Å². The summed E-state index contributed by atoms with van der Waals surface area (Å²) in [6.45, 7) is 2.77. The number of halogens is 2. The Kier molecular flexibility index (Phi) is 4.36. The van der Waals surface area contributed by atoms with Gasteiger partial charge in [-0.15, -0.1) is 11.3 Å². The number of aryl methyl sites for hydroxylation is 2. The van der Waals surface area contributed by atoms with Crippen molar-refractivity contribution in [1.29, 1.82) is 0 Å². The average molecular weight is 307 g/mol. The monoisotopic (exact) mass is 307 g/mol. The molecule has 0 bridgehead atoms. The predicted octanol–water partition coefficient (Wildman–Crippen LogP) is 4.60. The molecule has 0 spiro atoms. The molecule has 1 nitrogen and oxygen atoms in total. The van der Waals surface area contributed by atoms with Crippen LogP contribution in [0.5, 0.6) is 0 Å². The second kappa shape index (κ2) is 6.24. The third-order valence-electron chi connectivity index (χ3n) is 3.93. The Balaban J connectivity index is 1.98. The van der Waals surface area contributed by atoms with Crippen molar-refractivity contribution >= 4 is 11.3 Å². The second-order valence-corrected chi connectivity index (χ2v) is 6.67.